The second-order valence-corrected chi connectivity index (χ2v) is 23.3. The first-order chi connectivity index (χ1) is 43.8. The number of allylic oxidation sites excluding steroid dienone is 16. The maximum atomic E-state index is 12.3. The number of carbonyl (C=O) groups excluding carboxylic acids is 4. The van der Waals surface area contributed by atoms with Crippen LogP contribution in [0.5, 0.6) is 46.0 Å². The molecule has 6 aliphatic rings. The van der Waals surface area contributed by atoms with E-state index in [2.05, 4.69) is 87.1 Å². The molecule has 0 saturated carbocycles. The van der Waals surface area contributed by atoms with Crippen molar-refractivity contribution in [3.05, 3.63) is 287 Å². The minimum absolute atomic E-state index is 0.0812. The predicted octanol–water partition coefficient (Wildman–Crippen LogP) is 19.5. The van der Waals surface area contributed by atoms with Crippen molar-refractivity contribution in [1.29, 1.82) is 0 Å². The van der Waals surface area contributed by atoms with Crippen LogP contribution in [0, 0.1) is 0 Å². The average Bonchev–Trinajstić information content (AvgIpc) is 0.736. The number of ether oxygens (including phenoxy) is 6. The summed E-state index contributed by atoms with van der Waals surface area (Å²) in [5.41, 5.74) is 13.2. The van der Waals surface area contributed by atoms with E-state index in [4.69, 9.17) is 28.4 Å². The summed E-state index contributed by atoms with van der Waals surface area (Å²) in [7, 11) is 0. The Hall–Kier alpha value is -10.8. The van der Waals surface area contributed by atoms with Crippen LogP contribution in [0.15, 0.2) is 265 Å². The molecule has 14 rings (SSSR count). The van der Waals surface area contributed by atoms with E-state index >= 15 is 0 Å². The van der Waals surface area contributed by atoms with E-state index < -0.39 is 23.9 Å². The van der Waals surface area contributed by atoms with Gasteiger partial charge in [-0.2, -0.15) is 0 Å². The molecule has 2 heterocycles. The van der Waals surface area contributed by atoms with E-state index in [1.54, 1.807) is 13.8 Å². The van der Waals surface area contributed by atoms with Crippen molar-refractivity contribution in [3.63, 3.8) is 0 Å². The zero-order valence-electron chi connectivity index (χ0n) is 50.2. The highest BCUT2D eigenvalue weighted by Gasteiger charge is 2.36. The lowest BCUT2D eigenvalue weighted by Crippen LogP contribution is -2.15. The van der Waals surface area contributed by atoms with Crippen LogP contribution >= 0.6 is 0 Å². The molecular formula is C80H64O10. The van der Waals surface area contributed by atoms with Crippen molar-refractivity contribution in [3.8, 4) is 46.0 Å². The van der Waals surface area contributed by atoms with Crippen LogP contribution in [0.4, 0.5) is 0 Å². The Balaban J connectivity index is 0.000000165. The number of benzene rings is 8. The van der Waals surface area contributed by atoms with Crippen LogP contribution in [0.1, 0.15) is 99.3 Å². The van der Waals surface area contributed by atoms with Gasteiger partial charge in [0.2, 0.25) is 0 Å². The van der Waals surface area contributed by atoms with Gasteiger partial charge in [0, 0.05) is 57.4 Å². The highest BCUT2D eigenvalue weighted by molar-refractivity contribution is 5.99. The van der Waals surface area contributed by atoms with Gasteiger partial charge >= 0.3 is 23.9 Å². The van der Waals surface area contributed by atoms with Crippen LogP contribution in [0.25, 0.3) is 43.1 Å². The van der Waals surface area contributed by atoms with Crippen molar-refractivity contribution < 1.29 is 47.6 Å². The Morgan fingerprint density at radius 1 is 0.400 bits per heavy atom. The lowest BCUT2D eigenvalue weighted by atomic mass is 9.75. The van der Waals surface area contributed by atoms with Gasteiger partial charge in [-0.25, -0.2) is 19.2 Å². The van der Waals surface area contributed by atoms with E-state index in [0.717, 1.165) is 152 Å². The summed E-state index contributed by atoms with van der Waals surface area (Å²) in [5, 5.41) is 7.90. The maximum absolute atomic E-state index is 12.3. The standard InChI is InChI=1S/C41H34O5.C39H30O5/c1-24(2)40(42)44-31-16-18-33-29(22-31)14-20-35-38(33)37(28-12-10-27(11-13-28)26-8-6-5-7-9-26)39-34-19-17-32(45-41(43)25(3)4)23-30(34)15-21-36(39)46-35;1-3-35(40)42-29-16-18-31-27(22-29)14-20-33-38(31)37(26-12-10-25(11-13-26)24-8-6-5-7-9-24)39-32-19-17-30(43-36(41)4-2)23-28(32)15-21-34(39)44-33/h5-6,8,10,12,14-23,37H,1,3,7,9,11,13H2,2,4H3;3-6,8,10,12,14-23,37H,1-2,7,9,11,13H2. The molecule has 0 radical (unpaired) electrons. The third-order valence-corrected chi connectivity index (χ3v) is 17.4. The van der Waals surface area contributed by atoms with Crippen molar-refractivity contribution in [2.75, 3.05) is 0 Å². The lowest BCUT2D eigenvalue weighted by molar-refractivity contribution is -0.130. The van der Waals surface area contributed by atoms with Gasteiger partial charge in [0.1, 0.15) is 46.0 Å². The van der Waals surface area contributed by atoms with Gasteiger partial charge in [-0.05, 0) is 203 Å². The summed E-state index contributed by atoms with van der Waals surface area (Å²) in [6.45, 7) is 17.7. The topological polar surface area (TPSA) is 124 Å². The molecule has 0 saturated heterocycles. The van der Waals surface area contributed by atoms with Crippen LogP contribution in [-0.2, 0) is 19.2 Å². The number of hydrogen-bond donors (Lipinski definition) is 0. The zero-order valence-corrected chi connectivity index (χ0v) is 50.2. The third kappa shape index (κ3) is 11.5. The first kappa shape index (κ1) is 58.2. The molecule has 0 N–H and O–H groups in total. The number of carbonyl (C=O) groups is 4. The van der Waals surface area contributed by atoms with Crippen LogP contribution in [0.2, 0.25) is 0 Å². The van der Waals surface area contributed by atoms with Crippen molar-refractivity contribution >= 4 is 67.0 Å². The molecule has 0 aromatic heterocycles. The fourth-order valence-corrected chi connectivity index (χ4v) is 13.1. The van der Waals surface area contributed by atoms with Gasteiger partial charge in [0.05, 0.1) is 0 Å². The zero-order chi connectivity index (χ0) is 62.2. The Kier molecular flexibility index (Phi) is 16.0. The molecule has 10 nitrogen and oxygen atoms in total. The second kappa shape index (κ2) is 24.7. The van der Waals surface area contributed by atoms with Crippen molar-refractivity contribution in [1.82, 2.24) is 0 Å². The SMILES string of the molecule is C=C(C)C(=O)Oc1ccc2c3c(ccc2c1)Oc1ccc2cc(OC(=O)C(=C)C)ccc2c1C3C1=CC=C(C2=CC=CCC2)CC1.C=CC(=O)Oc1ccc2c3c(ccc2c1)Oc1ccc2cc(OC(=O)C=C)ccc2c1C3C1=CC=C(C2=CC=CCC2)CC1. The van der Waals surface area contributed by atoms with Gasteiger partial charge in [0.25, 0.3) is 0 Å². The number of esters is 4. The molecule has 0 atom stereocenters. The molecule has 444 valence electrons. The minimum Gasteiger partial charge on any atom is -0.457 e. The molecule has 90 heavy (non-hydrogen) atoms. The van der Waals surface area contributed by atoms with Crippen molar-refractivity contribution in [2.24, 2.45) is 0 Å². The maximum Gasteiger partial charge on any atom is 0.338 e. The molecule has 8 aromatic carbocycles. The highest BCUT2D eigenvalue weighted by atomic mass is 16.5. The molecule has 10 heteroatoms. The number of rotatable bonds is 12. The Morgan fingerprint density at radius 2 is 0.722 bits per heavy atom. The van der Waals surface area contributed by atoms with E-state index in [9.17, 15) is 19.2 Å². The fourth-order valence-electron chi connectivity index (χ4n) is 13.1. The predicted molar refractivity (Wildman–Crippen MR) is 356 cm³/mol. The number of hydrogen-bond acceptors (Lipinski definition) is 10. The van der Waals surface area contributed by atoms with Crippen LogP contribution in [-0.4, -0.2) is 23.9 Å². The fraction of sp³-hybridized carbons (Fsp3) is 0.150. The Bertz CT molecular complexity index is 4510. The van der Waals surface area contributed by atoms with Crippen LogP contribution < -0.4 is 28.4 Å². The van der Waals surface area contributed by atoms with Crippen LogP contribution in [0.3, 0.4) is 0 Å². The van der Waals surface area contributed by atoms with E-state index in [-0.39, 0.29) is 11.8 Å². The molecule has 4 aliphatic carbocycles. The Morgan fingerprint density at radius 3 is 1.00 bits per heavy atom. The van der Waals surface area contributed by atoms with Gasteiger partial charge in [-0.15, -0.1) is 0 Å². The minimum atomic E-state index is -0.499. The molecule has 0 spiro atoms. The first-order valence-electron chi connectivity index (χ1n) is 30.4. The van der Waals surface area contributed by atoms with Gasteiger partial charge < -0.3 is 28.4 Å². The highest BCUT2D eigenvalue weighted by Crippen LogP contribution is 2.56. The Labute approximate surface area is 522 Å². The summed E-state index contributed by atoms with van der Waals surface area (Å²) in [5.74, 6) is 3.00. The monoisotopic (exact) mass is 1180 g/mol. The lowest BCUT2D eigenvalue weighted by Gasteiger charge is -2.33. The summed E-state index contributed by atoms with van der Waals surface area (Å²) < 4.78 is 35.2. The molecule has 8 aromatic rings. The van der Waals surface area contributed by atoms with Crippen molar-refractivity contribution in [2.45, 2.75) is 77.0 Å². The van der Waals surface area contributed by atoms with E-state index in [1.165, 1.54) is 33.4 Å². The second-order valence-electron chi connectivity index (χ2n) is 23.3. The molecular weight excluding hydrogens is 1120 g/mol. The summed E-state index contributed by atoms with van der Waals surface area (Å²) in [6, 6.07) is 38.9. The summed E-state index contributed by atoms with van der Waals surface area (Å²) in [4.78, 5) is 48.3. The van der Waals surface area contributed by atoms with Gasteiger partial charge in [-0.1, -0.05) is 147 Å². The third-order valence-electron chi connectivity index (χ3n) is 17.4. The molecule has 0 fully saturated rings. The van der Waals surface area contributed by atoms with Gasteiger partial charge in [-0.3, -0.25) is 0 Å². The van der Waals surface area contributed by atoms with E-state index in [1.807, 2.05) is 121 Å². The summed E-state index contributed by atoms with van der Waals surface area (Å²) in [6.07, 6.45) is 32.7. The first-order valence-corrected chi connectivity index (χ1v) is 30.4. The smallest absolute Gasteiger partial charge is 0.338 e. The van der Waals surface area contributed by atoms with E-state index in [0.29, 0.717) is 34.1 Å². The molecule has 0 unspecified atom stereocenters. The average molecular weight is 1190 g/mol. The van der Waals surface area contributed by atoms with Gasteiger partial charge in [0.15, 0.2) is 0 Å². The normalized spacial score (nSPS) is 15.6. The summed E-state index contributed by atoms with van der Waals surface area (Å²) >= 11 is 0. The molecule has 2 aliphatic heterocycles. The molecule has 0 bridgehead atoms. The largest absolute Gasteiger partial charge is 0.457 e. The molecule has 0 amide bonds. The number of fused-ring (bicyclic) bond motifs is 12. The quantitative estimate of drug-likeness (QED) is 0.0663.